The summed E-state index contributed by atoms with van der Waals surface area (Å²) in [6.07, 6.45) is -0.224. The van der Waals surface area contributed by atoms with Crippen molar-refractivity contribution < 1.29 is 9.13 Å². The van der Waals surface area contributed by atoms with Crippen LogP contribution in [-0.2, 0) is 4.74 Å². The molecule has 0 radical (unpaired) electrons. The van der Waals surface area contributed by atoms with Crippen molar-refractivity contribution in [3.63, 3.8) is 0 Å². The number of likely N-dealkylation sites (N-methyl/N-ethyl adjacent to an activating group) is 1. The zero-order chi connectivity index (χ0) is 13.4. The smallest absolute Gasteiger partial charge is 0.119 e. The maximum Gasteiger partial charge on any atom is 0.119 e. The van der Waals surface area contributed by atoms with E-state index in [9.17, 15) is 4.39 Å². The van der Waals surface area contributed by atoms with Crippen LogP contribution < -0.4 is 0 Å². The number of hydrogen-bond acceptors (Lipinski definition) is 2. The standard InChI is InChI=1S/C14H28FNO/c1-13(2,3)12(17-14(4,5)6)11-10(15)8-9-16(11)7/h10-12H,8-9H2,1-7H3/t10-,11+,12?/m1/s1. The third kappa shape index (κ3) is 3.92. The molecule has 1 fully saturated rings. The molecule has 102 valence electrons. The molecular weight excluding hydrogens is 217 g/mol. The lowest BCUT2D eigenvalue weighted by molar-refractivity contribution is -0.138. The molecule has 0 amide bonds. The van der Waals surface area contributed by atoms with Crippen LogP contribution >= 0.6 is 0 Å². The second kappa shape index (κ2) is 4.85. The van der Waals surface area contributed by atoms with E-state index >= 15 is 0 Å². The van der Waals surface area contributed by atoms with Crippen molar-refractivity contribution in [3.8, 4) is 0 Å². The molecule has 17 heavy (non-hydrogen) atoms. The van der Waals surface area contributed by atoms with Crippen molar-refractivity contribution in [2.75, 3.05) is 13.6 Å². The minimum atomic E-state index is -0.772. The van der Waals surface area contributed by atoms with E-state index in [1.54, 1.807) is 0 Å². The van der Waals surface area contributed by atoms with Crippen molar-refractivity contribution in [1.82, 2.24) is 4.90 Å². The van der Waals surface area contributed by atoms with Crippen LogP contribution in [0.4, 0.5) is 4.39 Å². The van der Waals surface area contributed by atoms with Gasteiger partial charge in [0, 0.05) is 6.54 Å². The monoisotopic (exact) mass is 245 g/mol. The fourth-order valence-corrected chi connectivity index (χ4v) is 2.48. The average molecular weight is 245 g/mol. The molecule has 2 nitrogen and oxygen atoms in total. The predicted octanol–water partition coefficient (Wildman–Crippen LogP) is 3.26. The number of ether oxygens (including phenoxy) is 1. The summed E-state index contributed by atoms with van der Waals surface area (Å²) in [6.45, 7) is 13.3. The van der Waals surface area contributed by atoms with Gasteiger partial charge in [-0.3, -0.25) is 4.90 Å². The third-order valence-electron chi connectivity index (χ3n) is 3.28. The van der Waals surface area contributed by atoms with Gasteiger partial charge in [0.05, 0.1) is 17.7 Å². The number of hydrogen-bond donors (Lipinski definition) is 0. The molecule has 3 heteroatoms. The molecule has 3 atom stereocenters. The highest BCUT2D eigenvalue weighted by atomic mass is 19.1. The number of nitrogens with zero attached hydrogens (tertiary/aromatic N) is 1. The Morgan fingerprint density at radius 2 is 1.71 bits per heavy atom. The minimum absolute atomic E-state index is 0.0547. The molecule has 1 rings (SSSR count). The molecule has 1 aliphatic heterocycles. The maximum absolute atomic E-state index is 14.1. The first-order valence-electron chi connectivity index (χ1n) is 6.54. The molecular formula is C14H28FNO. The van der Waals surface area contributed by atoms with Gasteiger partial charge < -0.3 is 4.74 Å². The van der Waals surface area contributed by atoms with E-state index in [0.29, 0.717) is 6.42 Å². The second-order valence-corrected chi connectivity index (χ2v) is 7.29. The summed E-state index contributed by atoms with van der Waals surface area (Å²) in [5.74, 6) is 0. The van der Waals surface area contributed by atoms with E-state index in [1.165, 1.54) is 0 Å². The van der Waals surface area contributed by atoms with Crippen LogP contribution in [0.25, 0.3) is 0 Å². The van der Waals surface area contributed by atoms with E-state index in [2.05, 4.69) is 25.7 Å². The van der Waals surface area contributed by atoms with E-state index in [-0.39, 0.29) is 23.2 Å². The number of rotatable bonds is 2. The second-order valence-electron chi connectivity index (χ2n) is 7.29. The summed E-state index contributed by atoms with van der Waals surface area (Å²) in [6, 6.07) is -0.116. The van der Waals surface area contributed by atoms with Gasteiger partial charge in [0.15, 0.2) is 0 Å². The number of halogens is 1. The van der Waals surface area contributed by atoms with Crippen LogP contribution in [0.15, 0.2) is 0 Å². The molecule has 1 aliphatic rings. The van der Waals surface area contributed by atoms with Gasteiger partial charge in [-0.05, 0) is 39.7 Å². The van der Waals surface area contributed by atoms with Crippen LogP contribution in [0.1, 0.15) is 48.0 Å². The topological polar surface area (TPSA) is 12.5 Å². The van der Waals surface area contributed by atoms with Crippen molar-refractivity contribution in [3.05, 3.63) is 0 Å². The first kappa shape index (κ1) is 14.9. The summed E-state index contributed by atoms with van der Waals surface area (Å²) >= 11 is 0. The van der Waals surface area contributed by atoms with Crippen molar-refractivity contribution in [2.45, 2.75) is 71.9 Å². The van der Waals surface area contributed by atoms with Gasteiger partial charge in [0.25, 0.3) is 0 Å². The number of alkyl halides is 1. The summed E-state index contributed by atoms with van der Waals surface area (Å²) < 4.78 is 20.2. The summed E-state index contributed by atoms with van der Waals surface area (Å²) in [5, 5.41) is 0. The van der Waals surface area contributed by atoms with Gasteiger partial charge >= 0.3 is 0 Å². The van der Waals surface area contributed by atoms with Crippen LogP contribution in [0.3, 0.4) is 0 Å². The minimum Gasteiger partial charge on any atom is -0.370 e. The maximum atomic E-state index is 14.1. The predicted molar refractivity (Wildman–Crippen MR) is 70.0 cm³/mol. The third-order valence-corrected chi connectivity index (χ3v) is 3.28. The lowest BCUT2D eigenvalue weighted by Gasteiger charge is -2.42. The quantitative estimate of drug-likeness (QED) is 0.740. The molecule has 1 heterocycles. The first-order valence-corrected chi connectivity index (χ1v) is 6.54. The highest BCUT2D eigenvalue weighted by molar-refractivity contribution is 4.97. The van der Waals surface area contributed by atoms with Gasteiger partial charge in [-0.15, -0.1) is 0 Å². The van der Waals surface area contributed by atoms with E-state index in [1.807, 2.05) is 27.8 Å². The van der Waals surface area contributed by atoms with Crippen LogP contribution in [0, 0.1) is 5.41 Å². The summed E-state index contributed by atoms with van der Waals surface area (Å²) in [5.41, 5.74) is -0.290. The average Bonchev–Trinajstić information content (AvgIpc) is 2.39. The zero-order valence-electron chi connectivity index (χ0n) is 12.4. The van der Waals surface area contributed by atoms with Gasteiger partial charge in [-0.1, -0.05) is 20.8 Å². The van der Waals surface area contributed by atoms with Gasteiger partial charge in [0.2, 0.25) is 0 Å². The van der Waals surface area contributed by atoms with Crippen LogP contribution in [0.2, 0.25) is 0 Å². The molecule has 0 N–H and O–H groups in total. The Hall–Kier alpha value is -0.150. The van der Waals surface area contributed by atoms with E-state index in [4.69, 9.17) is 4.74 Å². The molecule has 0 aromatic carbocycles. The molecule has 0 saturated carbocycles. The molecule has 0 bridgehead atoms. The Balaban J connectivity index is 2.90. The molecule has 0 aliphatic carbocycles. The Bertz CT molecular complexity index is 244. The Labute approximate surface area is 106 Å². The van der Waals surface area contributed by atoms with Gasteiger partial charge in [-0.2, -0.15) is 0 Å². The van der Waals surface area contributed by atoms with Crippen molar-refractivity contribution >= 4 is 0 Å². The molecule has 1 saturated heterocycles. The summed E-state index contributed by atoms with van der Waals surface area (Å²) in [7, 11) is 2.00. The van der Waals surface area contributed by atoms with Crippen molar-refractivity contribution in [2.24, 2.45) is 5.41 Å². The van der Waals surface area contributed by atoms with Gasteiger partial charge in [0.1, 0.15) is 6.17 Å². The zero-order valence-corrected chi connectivity index (χ0v) is 12.4. The summed E-state index contributed by atoms with van der Waals surface area (Å²) in [4.78, 5) is 2.10. The lowest BCUT2D eigenvalue weighted by atomic mass is 9.82. The van der Waals surface area contributed by atoms with Crippen molar-refractivity contribution in [1.29, 1.82) is 0 Å². The van der Waals surface area contributed by atoms with E-state index in [0.717, 1.165) is 6.54 Å². The normalized spacial score (nSPS) is 29.6. The Morgan fingerprint density at radius 1 is 1.18 bits per heavy atom. The Morgan fingerprint density at radius 3 is 2.00 bits per heavy atom. The molecule has 1 unspecified atom stereocenters. The van der Waals surface area contributed by atoms with E-state index < -0.39 is 6.17 Å². The highest BCUT2D eigenvalue weighted by Gasteiger charge is 2.45. The fourth-order valence-electron chi connectivity index (χ4n) is 2.48. The fraction of sp³-hybridized carbons (Fsp3) is 1.00. The molecule has 0 spiro atoms. The number of likely N-dealkylation sites (tertiary alicyclic amines) is 1. The lowest BCUT2D eigenvalue weighted by Crippen LogP contribution is -2.52. The molecule has 0 aromatic heterocycles. The van der Waals surface area contributed by atoms with Gasteiger partial charge in [-0.25, -0.2) is 4.39 Å². The van der Waals surface area contributed by atoms with Crippen LogP contribution in [-0.4, -0.2) is 42.4 Å². The largest absolute Gasteiger partial charge is 0.370 e. The first-order chi connectivity index (χ1) is 7.52. The Kier molecular flexibility index (Phi) is 4.25. The molecule has 0 aromatic rings. The van der Waals surface area contributed by atoms with Crippen LogP contribution in [0.5, 0.6) is 0 Å². The highest BCUT2D eigenvalue weighted by Crippen LogP contribution is 2.35. The SMILES string of the molecule is CN1CC[C@@H](F)[C@H]1C(OC(C)(C)C)C(C)(C)C.